The SMILES string of the molecule is CCNC(Cc1cc(C)ccc1OC)c1scc(C)c1Cl. The summed E-state index contributed by atoms with van der Waals surface area (Å²) in [7, 11) is 1.72. The van der Waals surface area contributed by atoms with Gasteiger partial charge < -0.3 is 10.1 Å². The second kappa shape index (κ2) is 7.30. The van der Waals surface area contributed by atoms with Gasteiger partial charge in [-0.1, -0.05) is 36.2 Å². The summed E-state index contributed by atoms with van der Waals surface area (Å²) in [6.07, 6.45) is 0.873. The minimum absolute atomic E-state index is 0.219. The molecule has 2 nitrogen and oxygen atoms in total. The number of nitrogens with one attached hydrogen (secondary N) is 1. The molecule has 0 spiro atoms. The first-order valence-electron chi connectivity index (χ1n) is 7.17. The van der Waals surface area contributed by atoms with Gasteiger partial charge in [-0.05, 0) is 49.4 Å². The normalized spacial score (nSPS) is 12.4. The molecule has 0 bridgehead atoms. The van der Waals surface area contributed by atoms with Crippen molar-refractivity contribution in [2.75, 3.05) is 13.7 Å². The topological polar surface area (TPSA) is 21.3 Å². The second-order valence-corrected chi connectivity index (χ2v) is 6.52. The molecular formula is C17H22ClNOS. The fourth-order valence-electron chi connectivity index (χ4n) is 2.48. The van der Waals surface area contributed by atoms with Crippen LogP contribution in [0.1, 0.15) is 34.5 Å². The number of thiophene rings is 1. The van der Waals surface area contributed by atoms with E-state index >= 15 is 0 Å². The van der Waals surface area contributed by atoms with Crippen molar-refractivity contribution >= 4 is 22.9 Å². The van der Waals surface area contributed by atoms with Crippen LogP contribution in [0.5, 0.6) is 5.75 Å². The van der Waals surface area contributed by atoms with Crippen LogP contribution in [0.25, 0.3) is 0 Å². The molecule has 1 heterocycles. The molecule has 0 radical (unpaired) electrons. The number of halogens is 1. The van der Waals surface area contributed by atoms with E-state index in [0.29, 0.717) is 0 Å². The highest BCUT2D eigenvalue weighted by molar-refractivity contribution is 7.10. The molecule has 0 saturated heterocycles. The first-order valence-corrected chi connectivity index (χ1v) is 8.43. The van der Waals surface area contributed by atoms with Crippen molar-refractivity contribution in [3.05, 3.63) is 50.2 Å². The largest absolute Gasteiger partial charge is 0.496 e. The molecule has 1 unspecified atom stereocenters. The average Bonchev–Trinajstić information content (AvgIpc) is 2.79. The molecule has 1 atom stereocenters. The molecule has 0 amide bonds. The van der Waals surface area contributed by atoms with Gasteiger partial charge in [0.15, 0.2) is 0 Å². The van der Waals surface area contributed by atoms with E-state index in [1.54, 1.807) is 18.4 Å². The van der Waals surface area contributed by atoms with E-state index in [-0.39, 0.29) is 6.04 Å². The number of ether oxygens (including phenoxy) is 1. The van der Waals surface area contributed by atoms with E-state index in [1.165, 1.54) is 16.0 Å². The number of benzene rings is 1. The second-order valence-electron chi connectivity index (χ2n) is 5.23. The standard InChI is InChI=1S/C17H22ClNOS/c1-5-19-14(17-16(18)12(3)10-21-17)9-13-8-11(2)6-7-15(13)20-4/h6-8,10,14,19H,5,9H2,1-4H3. The zero-order valence-corrected chi connectivity index (χ0v) is 14.6. The van der Waals surface area contributed by atoms with E-state index in [9.17, 15) is 0 Å². The molecule has 114 valence electrons. The zero-order chi connectivity index (χ0) is 15.4. The Morgan fingerprint density at radius 3 is 2.67 bits per heavy atom. The Labute approximate surface area is 136 Å². The van der Waals surface area contributed by atoms with Gasteiger partial charge in [0.2, 0.25) is 0 Å². The summed E-state index contributed by atoms with van der Waals surface area (Å²) in [6, 6.07) is 6.52. The Kier molecular flexibility index (Phi) is 5.68. The van der Waals surface area contributed by atoms with Crippen LogP contribution in [-0.4, -0.2) is 13.7 Å². The molecule has 2 rings (SSSR count). The number of rotatable bonds is 6. The maximum Gasteiger partial charge on any atom is 0.122 e. The molecule has 1 aromatic carbocycles. The molecular weight excluding hydrogens is 302 g/mol. The van der Waals surface area contributed by atoms with E-state index in [2.05, 4.69) is 43.6 Å². The van der Waals surface area contributed by atoms with Crippen LogP contribution in [0, 0.1) is 13.8 Å². The highest BCUT2D eigenvalue weighted by atomic mass is 35.5. The predicted octanol–water partition coefficient (Wildman–Crippen LogP) is 4.92. The summed E-state index contributed by atoms with van der Waals surface area (Å²) < 4.78 is 5.49. The van der Waals surface area contributed by atoms with E-state index < -0.39 is 0 Å². The van der Waals surface area contributed by atoms with Crippen molar-refractivity contribution in [3.8, 4) is 5.75 Å². The molecule has 1 N–H and O–H groups in total. The number of aryl methyl sites for hydroxylation is 2. The van der Waals surface area contributed by atoms with Gasteiger partial charge in [-0.3, -0.25) is 0 Å². The van der Waals surface area contributed by atoms with Gasteiger partial charge >= 0.3 is 0 Å². The number of likely N-dealkylation sites (N-methyl/N-ethyl adjacent to an activating group) is 1. The Bertz CT molecular complexity index is 609. The number of methoxy groups -OCH3 is 1. The van der Waals surface area contributed by atoms with Crippen LogP contribution in [0.15, 0.2) is 23.6 Å². The lowest BCUT2D eigenvalue weighted by atomic mass is 10.0. The third kappa shape index (κ3) is 3.79. The quantitative estimate of drug-likeness (QED) is 0.814. The molecule has 21 heavy (non-hydrogen) atoms. The van der Waals surface area contributed by atoms with E-state index in [0.717, 1.165) is 29.3 Å². The molecule has 0 aliphatic rings. The number of hydrogen-bond acceptors (Lipinski definition) is 3. The average molecular weight is 324 g/mol. The van der Waals surface area contributed by atoms with Crippen molar-refractivity contribution in [2.45, 2.75) is 33.2 Å². The third-order valence-electron chi connectivity index (χ3n) is 3.55. The van der Waals surface area contributed by atoms with Crippen LogP contribution in [0.2, 0.25) is 5.02 Å². The molecule has 1 aromatic heterocycles. The fraction of sp³-hybridized carbons (Fsp3) is 0.412. The minimum atomic E-state index is 0.219. The van der Waals surface area contributed by atoms with Gasteiger partial charge in [0.05, 0.1) is 12.1 Å². The minimum Gasteiger partial charge on any atom is -0.496 e. The van der Waals surface area contributed by atoms with Crippen LogP contribution in [0.4, 0.5) is 0 Å². The molecule has 0 saturated carbocycles. The van der Waals surface area contributed by atoms with Crippen molar-refractivity contribution in [1.82, 2.24) is 5.32 Å². The molecule has 0 aliphatic heterocycles. The third-order valence-corrected chi connectivity index (χ3v) is 5.38. The van der Waals surface area contributed by atoms with Crippen molar-refractivity contribution < 1.29 is 4.74 Å². The lowest BCUT2D eigenvalue weighted by Crippen LogP contribution is -2.22. The zero-order valence-electron chi connectivity index (χ0n) is 13.0. The first-order chi connectivity index (χ1) is 10.1. The molecule has 2 aromatic rings. The lowest BCUT2D eigenvalue weighted by Gasteiger charge is -2.19. The van der Waals surface area contributed by atoms with Gasteiger partial charge in [0, 0.05) is 10.9 Å². The summed E-state index contributed by atoms with van der Waals surface area (Å²) in [4.78, 5) is 1.21. The smallest absolute Gasteiger partial charge is 0.122 e. The van der Waals surface area contributed by atoms with Gasteiger partial charge in [-0.25, -0.2) is 0 Å². The van der Waals surface area contributed by atoms with Gasteiger partial charge in [0.25, 0.3) is 0 Å². The monoisotopic (exact) mass is 323 g/mol. The van der Waals surface area contributed by atoms with E-state index in [1.807, 2.05) is 6.07 Å². The van der Waals surface area contributed by atoms with Crippen molar-refractivity contribution in [1.29, 1.82) is 0 Å². The maximum absolute atomic E-state index is 6.45. The fourth-order valence-corrected chi connectivity index (χ4v) is 3.88. The van der Waals surface area contributed by atoms with E-state index in [4.69, 9.17) is 16.3 Å². The van der Waals surface area contributed by atoms with Crippen LogP contribution in [0.3, 0.4) is 0 Å². The van der Waals surface area contributed by atoms with Crippen molar-refractivity contribution in [3.63, 3.8) is 0 Å². The van der Waals surface area contributed by atoms with Gasteiger partial charge in [-0.2, -0.15) is 0 Å². The van der Waals surface area contributed by atoms with Crippen molar-refractivity contribution in [2.24, 2.45) is 0 Å². The Hall–Kier alpha value is -1.03. The summed E-state index contributed by atoms with van der Waals surface area (Å²) in [6.45, 7) is 7.19. The predicted molar refractivity (Wildman–Crippen MR) is 91.9 cm³/mol. The Balaban J connectivity index is 2.32. The first kappa shape index (κ1) is 16.3. The molecule has 0 aliphatic carbocycles. The summed E-state index contributed by atoms with van der Waals surface area (Å²) >= 11 is 8.18. The van der Waals surface area contributed by atoms with Gasteiger partial charge in [-0.15, -0.1) is 11.3 Å². The van der Waals surface area contributed by atoms with Gasteiger partial charge in [0.1, 0.15) is 5.75 Å². The summed E-state index contributed by atoms with van der Waals surface area (Å²) in [5.74, 6) is 0.938. The molecule has 4 heteroatoms. The van der Waals surface area contributed by atoms with Crippen LogP contribution >= 0.6 is 22.9 Å². The maximum atomic E-state index is 6.45. The highest BCUT2D eigenvalue weighted by Gasteiger charge is 2.19. The summed E-state index contributed by atoms with van der Waals surface area (Å²) in [5, 5.41) is 6.55. The molecule has 0 fully saturated rings. The Morgan fingerprint density at radius 2 is 2.10 bits per heavy atom. The highest BCUT2D eigenvalue weighted by Crippen LogP contribution is 2.35. The van der Waals surface area contributed by atoms with Crippen LogP contribution in [-0.2, 0) is 6.42 Å². The lowest BCUT2D eigenvalue weighted by molar-refractivity contribution is 0.406. The Morgan fingerprint density at radius 1 is 1.33 bits per heavy atom. The summed E-state index contributed by atoms with van der Waals surface area (Å²) in [5.41, 5.74) is 3.61. The van der Waals surface area contributed by atoms with Crippen LogP contribution < -0.4 is 10.1 Å². The number of hydrogen-bond donors (Lipinski definition) is 1.